The molecule has 0 spiro atoms. The Bertz CT molecular complexity index is 470. The van der Waals surface area contributed by atoms with Gasteiger partial charge in [-0.2, -0.15) is 0 Å². The fourth-order valence-electron chi connectivity index (χ4n) is 3.55. The third-order valence-corrected chi connectivity index (χ3v) is 4.87. The van der Waals surface area contributed by atoms with E-state index < -0.39 is 0 Å². The summed E-state index contributed by atoms with van der Waals surface area (Å²) in [4.78, 5) is 17.1. The Hall–Kier alpha value is -1.39. The van der Waals surface area contributed by atoms with Crippen molar-refractivity contribution in [2.75, 3.05) is 45.8 Å². The molecule has 22 heavy (non-hydrogen) atoms. The first-order valence-electron chi connectivity index (χ1n) is 8.60. The lowest BCUT2D eigenvalue weighted by Crippen LogP contribution is -2.39. The normalized spacial score (nSPS) is 21.5. The second-order valence-corrected chi connectivity index (χ2v) is 6.51. The maximum Gasteiger partial charge on any atom is 0.253 e. The third-order valence-electron chi connectivity index (χ3n) is 4.87. The van der Waals surface area contributed by atoms with Gasteiger partial charge in [0.1, 0.15) is 0 Å². The lowest BCUT2D eigenvalue weighted by atomic mass is 9.97. The van der Waals surface area contributed by atoms with E-state index in [-0.39, 0.29) is 5.91 Å². The Labute approximate surface area is 133 Å². The Morgan fingerprint density at radius 1 is 1.05 bits per heavy atom. The molecule has 2 aliphatic heterocycles. The van der Waals surface area contributed by atoms with Crippen LogP contribution in [-0.2, 0) is 0 Å². The van der Waals surface area contributed by atoms with Crippen molar-refractivity contribution < 1.29 is 4.79 Å². The summed E-state index contributed by atoms with van der Waals surface area (Å²) >= 11 is 0. The molecule has 0 saturated carbocycles. The van der Waals surface area contributed by atoms with E-state index in [1.807, 2.05) is 35.2 Å². The van der Waals surface area contributed by atoms with Crippen molar-refractivity contribution in [3.63, 3.8) is 0 Å². The predicted molar refractivity (Wildman–Crippen MR) is 89.0 cm³/mol. The summed E-state index contributed by atoms with van der Waals surface area (Å²) in [5.74, 6) is 1.02. The van der Waals surface area contributed by atoms with Crippen molar-refractivity contribution in [3.8, 4) is 0 Å². The minimum atomic E-state index is 0.185. The number of hydrogen-bond donors (Lipinski definition) is 1. The molecule has 1 aromatic rings. The number of rotatable bonds is 3. The van der Waals surface area contributed by atoms with E-state index in [0.29, 0.717) is 0 Å². The molecule has 2 aliphatic rings. The summed E-state index contributed by atoms with van der Waals surface area (Å²) in [6.07, 6.45) is 3.68. The highest BCUT2D eigenvalue weighted by atomic mass is 16.2. The van der Waals surface area contributed by atoms with Crippen LogP contribution < -0.4 is 5.32 Å². The molecule has 0 aliphatic carbocycles. The molecule has 2 heterocycles. The molecule has 0 unspecified atom stereocenters. The van der Waals surface area contributed by atoms with Gasteiger partial charge in [0.05, 0.1) is 0 Å². The second kappa shape index (κ2) is 7.75. The van der Waals surface area contributed by atoms with E-state index in [2.05, 4.69) is 10.2 Å². The molecule has 1 amide bonds. The van der Waals surface area contributed by atoms with Gasteiger partial charge in [0.2, 0.25) is 0 Å². The van der Waals surface area contributed by atoms with Crippen LogP contribution in [-0.4, -0.2) is 61.5 Å². The molecule has 1 N–H and O–H groups in total. The maximum absolute atomic E-state index is 12.5. The number of carbonyl (C=O) groups excluding carboxylic acids is 1. The lowest BCUT2D eigenvalue weighted by molar-refractivity contribution is 0.0760. The largest absolute Gasteiger partial charge is 0.337 e. The number of amides is 1. The molecule has 0 radical (unpaired) electrons. The molecule has 2 fully saturated rings. The van der Waals surface area contributed by atoms with Crippen LogP contribution in [0.15, 0.2) is 30.3 Å². The van der Waals surface area contributed by atoms with Gasteiger partial charge in [-0.1, -0.05) is 18.2 Å². The molecule has 0 atom stereocenters. The molecule has 4 heteroatoms. The van der Waals surface area contributed by atoms with E-state index in [0.717, 1.165) is 57.2 Å². The van der Waals surface area contributed by atoms with E-state index in [9.17, 15) is 4.79 Å². The molecule has 4 nitrogen and oxygen atoms in total. The average molecular weight is 301 g/mol. The van der Waals surface area contributed by atoms with Gasteiger partial charge in [-0.25, -0.2) is 0 Å². The smallest absolute Gasteiger partial charge is 0.253 e. The summed E-state index contributed by atoms with van der Waals surface area (Å²) in [5, 5.41) is 3.43. The number of piperidine rings is 1. The zero-order valence-electron chi connectivity index (χ0n) is 13.3. The number of nitrogens with one attached hydrogen (secondary N) is 1. The van der Waals surface area contributed by atoms with Gasteiger partial charge in [-0.05, 0) is 56.9 Å². The fraction of sp³-hybridized carbons (Fsp3) is 0.611. The van der Waals surface area contributed by atoms with Crippen LogP contribution in [0.4, 0.5) is 0 Å². The Kier molecular flexibility index (Phi) is 5.46. The Morgan fingerprint density at radius 2 is 1.82 bits per heavy atom. The quantitative estimate of drug-likeness (QED) is 0.925. The van der Waals surface area contributed by atoms with Crippen LogP contribution in [0.1, 0.15) is 29.6 Å². The molecular weight excluding hydrogens is 274 g/mol. The van der Waals surface area contributed by atoms with Crippen molar-refractivity contribution in [3.05, 3.63) is 35.9 Å². The van der Waals surface area contributed by atoms with Crippen LogP contribution in [0.2, 0.25) is 0 Å². The summed E-state index contributed by atoms with van der Waals surface area (Å²) in [6, 6.07) is 9.67. The molecule has 0 bridgehead atoms. The van der Waals surface area contributed by atoms with Crippen molar-refractivity contribution >= 4 is 5.91 Å². The van der Waals surface area contributed by atoms with Gasteiger partial charge in [0, 0.05) is 31.7 Å². The highest BCUT2D eigenvalue weighted by molar-refractivity contribution is 5.94. The summed E-state index contributed by atoms with van der Waals surface area (Å²) < 4.78 is 0. The summed E-state index contributed by atoms with van der Waals surface area (Å²) in [5.41, 5.74) is 0.814. The SMILES string of the molecule is O=C(c1ccccc1)N1CCCN(CC2CCNCC2)CC1. The lowest BCUT2D eigenvalue weighted by Gasteiger charge is -2.29. The number of benzene rings is 1. The zero-order valence-corrected chi connectivity index (χ0v) is 13.3. The second-order valence-electron chi connectivity index (χ2n) is 6.51. The first-order chi connectivity index (χ1) is 10.8. The first-order valence-corrected chi connectivity index (χ1v) is 8.60. The van der Waals surface area contributed by atoms with Gasteiger partial charge in [-0.3, -0.25) is 4.79 Å². The predicted octanol–water partition coefficient (Wildman–Crippen LogP) is 1.83. The topological polar surface area (TPSA) is 35.6 Å². The van der Waals surface area contributed by atoms with Crippen LogP contribution in [0, 0.1) is 5.92 Å². The van der Waals surface area contributed by atoms with Crippen LogP contribution in [0.25, 0.3) is 0 Å². The first kappa shape index (κ1) is 15.5. The van der Waals surface area contributed by atoms with Gasteiger partial charge >= 0.3 is 0 Å². The van der Waals surface area contributed by atoms with Crippen LogP contribution in [0.5, 0.6) is 0 Å². The molecule has 1 aromatic carbocycles. The number of carbonyl (C=O) groups is 1. The summed E-state index contributed by atoms with van der Waals surface area (Å²) in [6.45, 7) is 7.42. The minimum absolute atomic E-state index is 0.185. The highest BCUT2D eigenvalue weighted by Crippen LogP contribution is 2.15. The number of nitrogens with zero attached hydrogens (tertiary/aromatic N) is 2. The molecule has 2 saturated heterocycles. The van der Waals surface area contributed by atoms with Crippen LogP contribution >= 0.6 is 0 Å². The fourth-order valence-corrected chi connectivity index (χ4v) is 3.55. The van der Waals surface area contributed by atoms with Crippen LogP contribution in [0.3, 0.4) is 0 Å². The maximum atomic E-state index is 12.5. The average Bonchev–Trinajstić information content (AvgIpc) is 2.82. The van der Waals surface area contributed by atoms with E-state index in [1.54, 1.807) is 0 Å². The molecule has 3 rings (SSSR count). The van der Waals surface area contributed by atoms with Gasteiger partial charge in [-0.15, -0.1) is 0 Å². The van der Waals surface area contributed by atoms with Crippen molar-refractivity contribution in [2.24, 2.45) is 5.92 Å². The van der Waals surface area contributed by atoms with Gasteiger partial charge in [0.15, 0.2) is 0 Å². The van der Waals surface area contributed by atoms with Gasteiger partial charge in [0.25, 0.3) is 5.91 Å². The van der Waals surface area contributed by atoms with Crippen molar-refractivity contribution in [2.45, 2.75) is 19.3 Å². The monoisotopic (exact) mass is 301 g/mol. The molecular formula is C18H27N3O. The third kappa shape index (κ3) is 4.08. The highest BCUT2D eigenvalue weighted by Gasteiger charge is 2.22. The Balaban J connectivity index is 1.52. The zero-order chi connectivity index (χ0) is 15.2. The minimum Gasteiger partial charge on any atom is -0.337 e. The van der Waals surface area contributed by atoms with E-state index in [4.69, 9.17) is 0 Å². The molecule has 0 aromatic heterocycles. The van der Waals surface area contributed by atoms with E-state index in [1.165, 1.54) is 19.4 Å². The Morgan fingerprint density at radius 3 is 2.59 bits per heavy atom. The summed E-state index contributed by atoms with van der Waals surface area (Å²) in [7, 11) is 0. The van der Waals surface area contributed by atoms with Crippen molar-refractivity contribution in [1.29, 1.82) is 0 Å². The van der Waals surface area contributed by atoms with E-state index >= 15 is 0 Å². The number of hydrogen-bond acceptors (Lipinski definition) is 3. The standard InChI is InChI=1S/C18H27N3O/c22-18(17-5-2-1-3-6-17)21-12-4-11-20(13-14-21)15-16-7-9-19-10-8-16/h1-3,5-6,16,19H,4,7-15H2. The molecule has 120 valence electrons. The van der Waals surface area contributed by atoms with Gasteiger partial charge < -0.3 is 15.1 Å². The van der Waals surface area contributed by atoms with Crippen molar-refractivity contribution in [1.82, 2.24) is 15.1 Å².